The molecule has 7 nitrogen and oxygen atoms in total. The molecule has 0 saturated heterocycles. The summed E-state index contributed by atoms with van der Waals surface area (Å²) >= 11 is 0. The molecule has 1 aliphatic heterocycles. The summed E-state index contributed by atoms with van der Waals surface area (Å²) in [6, 6.07) is 8.45. The van der Waals surface area contributed by atoms with Crippen LogP contribution in [0.3, 0.4) is 0 Å². The summed E-state index contributed by atoms with van der Waals surface area (Å²) in [6.45, 7) is 6.07. The molecule has 1 unspecified atom stereocenters. The number of pyridine rings is 1. The lowest BCUT2D eigenvalue weighted by atomic mass is 9.81. The number of hydrogen-bond donors (Lipinski definition) is 3. The molecular formula is C21H23N3O4. The zero-order chi connectivity index (χ0) is 20.6. The fourth-order valence-corrected chi connectivity index (χ4v) is 3.63. The maximum absolute atomic E-state index is 13.3. The topological polar surface area (TPSA) is 122 Å². The number of allylic oxidation sites excluding steroid dienone is 1. The zero-order valence-corrected chi connectivity index (χ0v) is 16.1. The molecule has 146 valence electrons. The molecule has 1 aromatic carbocycles. The lowest BCUT2D eigenvalue weighted by Gasteiger charge is -2.29. The van der Waals surface area contributed by atoms with Gasteiger partial charge >= 0.3 is 0 Å². The van der Waals surface area contributed by atoms with Gasteiger partial charge in [0.1, 0.15) is 11.8 Å². The van der Waals surface area contributed by atoms with Crippen molar-refractivity contribution in [1.82, 2.24) is 4.57 Å². The highest BCUT2D eigenvalue weighted by atomic mass is 16.5. The van der Waals surface area contributed by atoms with Crippen LogP contribution in [0.1, 0.15) is 36.6 Å². The molecule has 1 aromatic heterocycles. The number of rotatable bonds is 4. The van der Waals surface area contributed by atoms with Crippen molar-refractivity contribution in [3.05, 3.63) is 62.9 Å². The number of ether oxygens (including phenoxy) is 1. The Balaban J connectivity index is 2.02. The lowest BCUT2D eigenvalue weighted by Crippen LogP contribution is -2.34. The van der Waals surface area contributed by atoms with Crippen LogP contribution in [0.4, 0.5) is 0 Å². The highest BCUT2D eigenvalue weighted by molar-refractivity contribution is 5.50. The standard InChI is InChI=1S/C21H23N3O4/c1-11(2)18-14(10-22)20(23)28-17-8-12(3)24(21(27)19(17)18)7-6-13-4-5-15(25)16(26)9-13/h4-5,8-9,11,18,25-26H,6-7,23H2,1-3H3. The van der Waals surface area contributed by atoms with E-state index in [1.54, 1.807) is 16.7 Å². The number of nitrogens with two attached hydrogens (primary N) is 1. The van der Waals surface area contributed by atoms with E-state index in [2.05, 4.69) is 6.07 Å². The molecule has 0 amide bonds. The van der Waals surface area contributed by atoms with E-state index in [0.29, 0.717) is 30.0 Å². The van der Waals surface area contributed by atoms with Crippen molar-refractivity contribution in [2.45, 2.75) is 39.7 Å². The van der Waals surface area contributed by atoms with Gasteiger partial charge in [-0.3, -0.25) is 4.79 Å². The molecule has 3 rings (SSSR count). The zero-order valence-electron chi connectivity index (χ0n) is 16.1. The maximum Gasteiger partial charge on any atom is 0.258 e. The number of aryl methyl sites for hydroxylation is 2. The molecule has 7 heteroatoms. The summed E-state index contributed by atoms with van der Waals surface area (Å²) in [5.74, 6) is -0.364. The van der Waals surface area contributed by atoms with Gasteiger partial charge in [0.05, 0.1) is 11.1 Å². The molecule has 0 radical (unpaired) electrons. The monoisotopic (exact) mass is 381 g/mol. The van der Waals surface area contributed by atoms with Crippen molar-refractivity contribution >= 4 is 0 Å². The number of nitrogens with zero attached hydrogens (tertiary/aromatic N) is 2. The first kappa shape index (κ1) is 19.4. The molecule has 2 aromatic rings. The van der Waals surface area contributed by atoms with Crippen molar-refractivity contribution < 1.29 is 14.9 Å². The lowest BCUT2D eigenvalue weighted by molar-refractivity contribution is 0.366. The molecule has 1 atom stereocenters. The largest absolute Gasteiger partial charge is 0.504 e. The van der Waals surface area contributed by atoms with E-state index >= 15 is 0 Å². The van der Waals surface area contributed by atoms with E-state index in [0.717, 1.165) is 5.56 Å². The van der Waals surface area contributed by atoms with Gasteiger partial charge in [0, 0.05) is 24.2 Å². The Hall–Kier alpha value is -3.40. The average Bonchev–Trinajstić information content (AvgIpc) is 2.63. The summed E-state index contributed by atoms with van der Waals surface area (Å²) in [7, 11) is 0. The highest BCUT2D eigenvalue weighted by Gasteiger charge is 2.34. The number of nitriles is 1. The van der Waals surface area contributed by atoms with Gasteiger partial charge in [-0.15, -0.1) is 0 Å². The summed E-state index contributed by atoms with van der Waals surface area (Å²) in [6.07, 6.45) is 0.490. The quantitative estimate of drug-likeness (QED) is 0.700. The normalized spacial score (nSPS) is 15.9. The Morgan fingerprint density at radius 3 is 2.61 bits per heavy atom. The van der Waals surface area contributed by atoms with Crippen LogP contribution in [0.2, 0.25) is 0 Å². The summed E-state index contributed by atoms with van der Waals surface area (Å²) in [5, 5.41) is 28.6. The van der Waals surface area contributed by atoms with Gasteiger partial charge < -0.3 is 25.3 Å². The smallest absolute Gasteiger partial charge is 0.258 e. The number of aromatic nitrogens is 1. The second-order valence-corrected chi connectivity index (χ2v) is 7.31. The summed E-state index contributed by atoms with van der Waals surface area (Å²) < 4.78 is 7.22. The van der Waals surface area contributed by atoms with E-state index < -0.39 is 5.92 Å². The van der Waals surface area contributed by atoms with E-state index in [4.69, 9.17) is 10.5 Å². The minimum Gasteiger partial charge on any atom is -0.504 e. The van der Waals surface area contributed by atoms with E-state index in [9.17, 15) is 20.3 Å². The van der Waals surface area contributed by atoms with E-state index in [1.807, 2.05) is 20.8 Å². The SMILES string of the molecule is Cc1cc2c(c(=O)n1CCc1ccc(O)c(O)c1)C(C(C)C)C(C#N)=C(N)O2. The van der Waals surface area contributed by atoms with Crippen LogP contribution in [0.15, 0.2) is 40.5 Å². The molecule has 0 saturated carbocycles. The first-order valence-corrected chi connectivity index (χ1v) is 9.07. The molecule has 0 bridgehead atoms. The molecule has 4 N–H and O–H groups in total. The van der Waals surface area contributed by atoms with Crippen LogP contribution in [0.5, 0.6) is 17.2 Å². The van der Waals surface area contributed by atoms with Gasteiger partial charge in [-0.05, 0) is 37.0 Å². The van der Waals surface area contributed by atoms with Crippen LogP contribution in [-0.4, -0.2) is 14.8 Å². The Labute approximate surface area is 162 Å². The molecular weight excluding hydrogens is 358 g/mol. The van der Waals surface area contributed by atoms with Gasteiger partial charge in [0.2, 0.25) is 5.88 Å². The minimum absolute atomic E-state index is 0.00579. The molecule has 28 heavy (non-hydrogen) atoms. The minimum atomic E-state index is -0.425. The average molecular weight is 381 g/mol. The van der Waals surface area contributed by atoms with Gasteiger partial charge in [-0.1, -0.05) is 19.9 Å². The van der Waals surface area contributed by atoms with Crippen LogP contribution >= 0.6 is 0 Å². The Bertz CT molecular complexity index is 1060. The molecule has 0 aliphatic carbocycles. The third-order valence-electron chi connectivity index (χ3n) is 5.07. The van der Waals surface area contributed by atoms with Gasteiger partial charge in [-0.25, -0.2) is 0 Å². The van der Waals surface area contributed by atoms with E-state index in [1.165, 1.54) is 12.1 Å². The van der Waals surface area contributed by atoms with Crippen LogP contribution in [0.25, 0.3) is 0 Å². The van der Waals surface area contributed by atoms with Crippen LogP contribution < -0.4 is 16.0 Å². The first-order chi connectivity index (χ1) is 13.2. The number of phenols is 2. The number of aromatic hydroxyl groups is 2. The highest BCUT2D eigenvalue weighted by Crippen LogP contribution is 2.40. The summed E-state index contributed by atoms with van der Waals surface area (Å²) in [5.41, 5.74) is 7.92. The third-order valence-corrected chi connectivity index (χ3v) is 5.07. The van der Waals surface area contributed by atoms with Gasteiger partial charge in [-0.2, -0.15) is 5.26 Å². The Morgan fingerprint density at radius 1 is 1.29 bits per heavy atom. The number of phenolic OH excluding ortho intramolecular Hbond substituents is 2. The predicted molar refractivity (Wildman–Crippen MR) is 104 cm³/mol. The Morgan fingerprint density at radius 2 is 2.00 bits per heavy atom. The van der Waals surface area contributed by atoms with E-state index in [-0.39, 0.29) is 34.4 Å². The van der Waals surface area contributed by atoms with Gasteiger partial charge in [0.25, 0.3) is 5.56 Å². The van der Waals surface area contributed by atoms with Crippen molar-refractivity contribution in [3.8, 4) is 23.3 Å². The second-order valence-electron chi connectivity index (χ2n) is 7.31. The molecule has 0 fully saturated rings. The number of fused-ring (bicyclic) bond motifs is 1. The predicted octanol–water partition coefficient (Wildman–Crippen LogP) is 2.64. The third kappa shape index (κ3) is 3.29. The molecule has 1 aliphatic rings. The maximum atomic E-state index is 13.3. The fourth-order valence-electron chi connectivity index (χ4n) is 3.63. The van der Waals surface area contributed by atoms with Crippen molar-refractivity contribution in [2.75, 3.05) is 0 Å². The number of hydrogen-bond acceptors (Lipinski definition) is 6. The molecule has 0 spiro atoms. The fraction of sp³-hybridized carbons (Fsp3) is 0.333. The van der Waals surface area contributed by atoms with Crippen molar-refractivity contribution in [1.29, 1.82) is 5.26 Å². The molecule has 2 heterocycles. The van der Waals surface area contributed by atoms with Crippen molar-refractivity contribution in [3.63, 3.8) is 0 Å². The first-order valence-electron chi connectivity index (χ1n) is 9.07. The van der Waals surface area contributed by atoms with Crippen molar-refractivity contribution in [2.24, 2.45) is 11.7 Å². The van der Waals surface area contributed by atoms with Gasteiger partial charge in [0.15, 0.2) is 11.5 Å². The van der Waals surface area contributed by atoms with Crippen LogP contribution in [0, 0.1) is 24.2 Å². The Kier molecular flexibility index (Phi) is 5.06. The summed E-state index contributed by atoms with van der Waals surface area (Å²) in [4.78, 5) is 13.3. The second kappa shape index (κ2) is 7.31. The van der Waals surface area contributed by atoms with Crippen LogP contribution in [-0.2, 0) is 13.0 Å². The number of benzene rings is 1.